The number of benzene rings is 1. The summed E-state index contributed by atoms with van der Waals surface area (Å²) in [5.74, 6) is 1.71. The molecule has 1 aliphatic rings. The summed E-state index contributed by atoms with van der Waals surface area (Å²) in [4.78, 5) is 11.8. The predicted molar refractivity (Wildman–Crippen MR) is 64.3 cm³/mol. The van der Waals surface area contributed by atoms with Gasteiger partial charge in [-0.2, -0.15) is 11.8 Å². The van der Waals surface area contributed by atoms with Crippen molar-refractivity contribution in [3.63, 3.8) is 0 Å². The Balaban J connectivity index is 2.05. The van der Waals surface area contributed by atoms with E-state index in [9.17, 15) is 9.18 Å². The Morgan fingerprint density at radius 1 is 1.56 bits per heavy atom. The summed E-state index contributed by atoms with van der Waals surface area (Å²) >= 11 is 1.85. The molecule has 0 spiro atoms. The molecule has 1 amide bonds. The maximum atomic E-state index is 13.0. The normalized spacial score (nSPS) is 19.8. The van der Waals surface area contributed by atoms with Gasteiger partial charge in [0.2, 0.25) is 0 Å². The Labute approximate surface area is 98.6 Å². The lowest BCUT2D eigenvalue weighted by Crippen LogP contribution is -2.34. The van der Waals surface area contributed by atoms with Gasteiger partial charge in [-0.15, -0.1) is 0 Å². The van der Waals surface area contributed by atoms with E-state index in [1.165, 1.54) is 12.1 Å². The van der Waals surface area contributed by atoms with Crippen molar-refractivity contribution in [2.24, 2.45) is 0 Å². The standard InChI is InChI=1S/C12H14FNOS/c1-8-6-9(2-3-11(8)13)12(15)14-10-4-5-16-7-10/h2-3,6,10H,4-5,7H2,1H3,(H,14,15). The van der Waals surface area contributed by atoms with E-state index in [1.807, 2.05) is 11.8 Å². The van der Waals surface area contributed by atoms with Crippen LogP contribution in [0.1, 0.15) is 22.3 Å². The number of nitrogens with one attached hydrogen (secondary N) is 1. The van der Waals surface area contributed by atoms with E-state index in [0.29, 0.717) is 11.1 Å². The fourth-order valence-electron chi connectivity index (χ4n) is 1.70. The van der Waals surface area contributed by atoms with E-state index in [-0.39, 0.29) is 17.8 Å². The zero-order valence-corrected chi connectivity index (χ0v) is 9.94. The van der Waals surface area contributed by atoms with E-state index < -0.39 is 0 Å². The van der Waals surface area contributed by atoms with Gasteiger partial charge < -0.3 is 5.32 Å². The Bertz CT molecular complexity index is 402. The molecule has 1 N–H and O–H groups in total. The molecule has 0 bridgehead atoms. The first-order valence-corrected chi connectivity index (χ1v) is 6.47. The van der Waals surface area contributed by atoms with E-state index in [2.05, 4.69) is 5.32 Å². The van der Waals surface area contributed by atoms with Crippen LogP contribution in [0.5, 0.6) is 0 Å². The van der Waals surface area contributed by atoms with Crippen LogP contribution in [0.4, 0.5) is 4.39 Å². The molecule has 0 aliphatic carbocycles. The minimum absolute atomic E-state index is 0.101. The summed E-state index contributed by atoms with van der Waals surface area (Å²) in [5, 5.41) is 2.96. The van der Waals surface area contributed by atoms with Gasteiger partial charge in [-0.1, -0.05) is 0 Å². The number of rotatable bonds is 2. The fourth-order valence-corrected chi connectivity index (χ4v) is 2.86. The Morgan fingerprint density at radius 2 is 2.38 bits per heavy atom. The van der Waals surface area contributed by atoms with Crippen LogP contribution in [-0.4, -0.2) is 23.5 Å². The SMILES string of the molecule is Cc1cc(C(=O)NC2CCSC2)ccc1F. The molecule has 86 valence electrons. The minimum Gasteiger partial charge on any atom is -0.348 e. The van der Waals surface area contributed by atoms with Crippen LogP contribution in [0.2, 0.25) is 0 Å². The highest BCUT2D eigenvalue weighted by atomic mass is 32.2. The second-order valence-electron chi connectivity index (χ2n) is 4.00. The summed E-state index contributed by atoms with van der Waals surface area (Å²) in [7, 11) is 0. The lowest BCUT2D eigenvalue weighted by Gasteiger charge is -2.11. The van der Waals surface area contributed by atoms with Gasteiger partial charge in [0, 0.05) is 17.4 Å². The molecule has 16 heavy (non-hydrogen) atoms. The van der Waals surface area contributed by atoms with Crippen molar-refractivity contribution >= 4 is 17.7 Å². The number of aryl methyl sites for hydroxylation is 1. The van der Waals surface area contributed by atoms with E-state index in [4.69, 9.17) is 0 Å². The highest BCUT2D eigenvalue weighted by molar-refractivity contribution is 7.99. The van der Waals surface area contributed by atoms with Gasteiger partial charge >= 0.3 is 0 Å². The average molecular weight is 239 g/mol. The molecule has 1 aliphatic heterocycles. The maximum absolute atomic E-state index is 13.0. The van der Waals surface area contributed by atoms with Crippen molar-refractivity contribution in [1.82, 2.24) is 5.32 Å². The summed E-state index contributed by atoms with van der Waals surface area (Å²) in [6.07, 6.45) is 1.02. The molecular weight excluding hydrogens is 225 g/mol. The van der Waals surface area contributed by atoms with Gasteiger partial charge in [0.25, 0.3) is 5.91 Å². The molecule has 1 unspecified atom stereocenters. The zero-order valence-electron chi connectivity index (χ0n) is 9.13. The number of hydrogen-bond acceptors (Lipinski definition) is 2. The third-order valence-electron chi connectivity index (χ3n) is 2.69. The van der Waals surface area contributed by atoms with Crippen LogP contribution in [0, 0.1) is 12.7 Å². The quantitative estimate of drug-likeness (QED) is 0.858. The molecule has 4 heteroatoms. The average Bonchev–Trinajstić information content (AvgIpc) is 2.74. The van der Waals surface area contributed by atoms with Gasteiger partial charge in [-0.25, -0.2) is 4.39 Å². The maximum Gasteiger partial charge on any atom is 0.251 e. The van der Waals surface area contributed by atoms with Crippen LogP contribution >= 0.6 is 11.8 Å². The Morgan fingerprint density at radius 3 is 3.00 bits per heavy atom. The van der Waals surface area contributed by atoms with Crippen molar-refractivity contribution in [3.05, 3.63) is 35.1 Å². The van der Waals surface area contributed by atoms with Crippen molar-refractivity contribution in [2.45, 2.75) is 19.4 Å². The topological polar surface area (TPSA) is 29.1 Å². The van der Waals surface area contributed by atoms with Crippen molar-refractivity contribution in [1.29, 1.82) is 0 Å². The highest BCUT2D eigenvalue weighted by Crippen LogP contribution is 2.17. The van der Waals surface area contributed by atoms with Crippen molar-refractivity contribution < 1.29 is 9.18 Å². The summed E-state index contributed by atoms with van der Waals surface area (Å²) in [5.41, 5.74) is 1.05. The van der Waals surface area contributed by atoms with Crippen molar-refractivity contribution in [2.75, 3.05) is 11.5 Å². The lowest BCUT2D eigenvalue weighted by atomic mass is 10.1. The predicted octanol–water partition coefficient (Wildman–Crippen LogP) is 2.37. The molecule has 0 radical (unpaired) electrons. The summed E-state index contributed by atoms with van der Waals surface area (Å²) < 4.78 is 13.0. The first kappa shape index (κ1) is 11.5. The van der Waals surface area contributed by atoms with Crippen LogP contribution in [-0.2, 0) is 0 Å². The monoisotopic (exact) mass is 239 g/mol. The summed E-state index contributed by atoms with van der Waals surface area (Å²) in [6, 6.07) is 4.73. The molecule has 1 atom stereocenters. The van der Waals surface area contributed by atoms with Gasteiger partial charge in [0.1, 0.15) is 5.82 Å². The van der Waals surface area contributed by atoms with Crippen LogP contribution in [0.25, 0.3) is 0 Å². The van der Waals surface area contributed by atoms with E-state index >= 15 is 0 Å². The second-order valence-corrected chi connectivity index (χ2v) is 5.15. The number of thioether (sulfide) groups is 1. The largest absolute Gasteiger partial charge is 0.348 e. The summed E-state index contributed by atoms with van der Waals surface area (Å²) in [6.45, 7) is 1.66. The number of hydrogen-bond donors (Lipinski definition) is 1. The Hall–Kier alpha value is -1.03. The van der Waals surface area contributed by atoms with Gasteiger partial charge in [0.15, 0.2) is 0 Å². The third kappa shape index (κ3) is 2.55. The first-order valence-electron chi connectivity index (χ1n) is 5.31. The number of halogens is 1. The lowest BCUT2D eigenvalue weighted by molar-refractivity contribution is 0.0941. The second kappa shape index (κ2) is 4.87. The van der Waals surface area contributed by atoms with Crippen LogP contribution < -0.4 is 5.32 Å². The molecule has 0 saturated carbocycles. The molecular formula is C12H14FNOS. The number of carbonyl (C=O) groups is 1. The Kier molecular flexibility index (Phi) is 3.49. The van der Waals surface area contributed by atoms with E-state index in [0.717, 1.165) is 17.9 Å². The molecule has 2 rings (SSSR count). The molecule has 0 aromatic heterocycles. The van der Waals surface area contributed by atoms with E-state index in [1.54, 1.807) is 13.0 Å². The van der Waals surface area contributed by atoms with Crippen LogP contribution in [0.3, 0.4) is 0 Å². The fraction of sp³-hybridized carbons (Fsp3) is 0.417. The molecule has 1 saturated heterocycles. The number of amides is 1. The first-order chi connectivity index (χ1) is 7.66. The minimum atomic E-state index is -0.270. The molecule has 1 aromatic carbocycles. The van der Waals surface area contributed by atoms with Crippen LogP contribution in [0.15, 0.2) is 18.2 Å². The molecule has 1 heterocycles. The van der Waals surface area contributed by atoms with Crippen molar-refractivity contribution in [3.8, 4) is 0 Å². The zero-order chi connectivity index (χ0) is 11.5. The number of carbonyl (C=O) groups excluding carboxylic acids is 1. The molecule has 1 aromatic rings. The van der Waals surface area contributed by atoms with Gasteiger partial charge in [-0.05, 0) is 42.9 Å². The third-order valence-corrected chi connectivity index (χ3v) is 3.85. The molecule has 2 nitrogen and oxygen atoms in total. The highest BCUT2D eigenvalue weighted by Gasteiger charge is 2.18. The smallest absolute Gasteiger partial charge is 0.251 e. The van der Waals surface area contributed by atoms with Gasteiger partial charge in [0.05, 0.1) is 0 Å². The molecule has 1 fully saturated rings. The van der Waals surface area contributed by atoms with Gasteiger partial charge in [-0.3, -0.25) is 4.79 Å².